The van der Waals surface area contributed by atoms with E-state index < -0.39 is 0 Å². The summed E-state index contributed by atoms with van der Waals surface area (Å²) >= 11 is 0. The smallest absolute Gasteiger partial charge is 0.119 e. The highest BCUT2D eigenvalue weighted by Gasteiger charge is 2.27. The molecule has 3 heteroatoms. The minimum Gasteiger partial charge on any atom is -0.497 e. The molecule has 1 atom stereocenters. The van der Waals surface area contributed by atoms with E-state index >= 15 is 0 Å². The molecule has 18 heavy (non-hydrogen) atoms. The number of fused-ring (bicyclic) bond motifs is 1. The van der Waals surface area contributed by atoms with E-state index in [1.165, 1.54) is 43.5 Å². The third-order valence-electron chi connectivity index (χ3n) is 4.20. The van der Waals surface area contributed by atoms with Crippen LogP contribution in [0.15, 0.2) is 18.2 Å². The highest BCUT2D eigenvalue weighted by molar-refractivity contribution is 5.39. The fourth-order valence-corrected chi connectivity index (χ4v) is 3.18. The van der Waals surface area contributed by atoms with Crippen molar-refractivity contribution >= 4 is 0 Å². The fraction of sp³-hybridized carbons (Fsp3) is 0.600. The Morgan fingerprint density at radius 2 is 2.06 bits per heavy atom. The van der Waals surface area contributed by atoms with E-state index in [0.29, 0.717) is 6.04 Å². The molecule has 0 aromatic heterocycles. The van der Waals surface area contributed by atoms with Crippen LogP contribution in [-0.2, 0) is 6.54 Å². The summed E-state index contributed by atoms with van der Waals surface area (Å²) in [5, 5.41) is 3.54. The zero-order valence-corrected chi connectivity index (χ0v) is 11.1. The number of ether oxygens (including phenoxy) is 1. The van der Waals surface area contributed by atoms with Crippen molar-refractivity contribution in [3.63, 3.8) is 0 Å². The highest BCUT2D eigenvalue weighted by atomic mass is 16.5. The van der Waals surface area contributed by atoms with Crippen LogP contribution in [0.4, 0.5) is 0 Å². The number of methoxy groups -OCH3 is 1. The van der Waals surface area contributed by atoms with Crippen molar-refractivity contribution < 1.29 is 4.74 Å². The average Bonchev–Trinajstić information content (AvgIpc) is 2.47. The molecule has 0 amide bonds. The van der Waals surface area contributed by atoms with Gasteiger partial charge in [0.25, 0.3) is 0 Å². The van der Waals surface area contributed by atoms with Crippen LogP contribution >= 0.6 is 0 Å². The number of rotatable bonds is 2. The van der Waals surface area contributed by atoms with Gasteiger partial charge in [-0.05, 0) is 49.2 Å². The van der Waals surface area contributed by atoms with E-state index in [4.69, 9.17) is 4.74 Å². The monoisotopic (exact) mass is 246 g/mol. The summed E-state index contributed by atoms with van der Waals surface area (Å²) in [7, 11) is 1.75. The lowest BCUT2D eigenvalue weighted by Crippen LogP contribution is -2.42. The van der Waals surface area contributed by atoms with Crippen LogP contribution < -0.4 is 10.1 Å². The van der Waals surface area contributed by atoms with Gasteiger partial charge in [0.15, 0.2) is 0 Å². The van der Waals surface area contributed by atoms with Crippen molar-refractivity contribution in [3.05, 3.63) is 29.3 Å². The third kappa shape index (κ3) is 2.25. The molecule has 0 bridgehead atoms. The molecule has 1 aromatic rings. The quantitative estimate of drug-likeness (QED) is 0.866. The molecular weight excluding hydrogens is 224 g/mol. The lowest BCUT2D eigenvalue weighted by Gasteiger charge is -2.38. The first-order valence-electron chi connectivity index (χ1n) is 7.00. The number of hydrogen-bond donors (Lipinski definition) is 1. The third-order valence-corrected chi connectivity index (χ3v) is 4.20. The van der Waals surface area contributed by atoms with Crippen molar-refractivity contribution in [2.24, 2.45) is 0 Å². The number of benzene rings is 1. The molecule has 0 spiro atoms. The van der Waals surface area contributed by atoms with Crippen molar-refractivity contribution in [1.82, 2.24) is 10.2 Å². The Kier molecular flexibility index (Phi) is 3.52. The first-order valence-corrected chi connectivity index (χ1v) is 7.00. The van der Waals surface area contributed by atoms with Crippen LogP contribution in [0.2, 0.25) is 0 Å². The van der Waals surface area contributed by atoms with Crippen LogP contribution in [0.25, 0.3) is 0 Å². The van der Waals surface area contributed by atoms with Gasteiger partial charge in [0.05, 0.1) is 7.11 Å². The molecule has 1 aromatic carbocycles. The summed E-state index contributed by atoms with van der Waals surface area (Å²) in [6.45, 7) is 4.54. The lowest BCUT2D eigenvalue weighted by atomic mass is 9.93. The van der Waals surface area contributed by atoms with Crippen LogP contribution in [0.3, 0.4) is 0 Å². The number of piperidine rings is 1. The van der Waals surface area contributed by atoms with Gasteiger partial charge in [-0.3, -0.25) is 4.90 Å². The van der Waals surface area contributed by atoms with Crippen molar-refractivity contribution in [2.75, 3.05) is 26.7 Å². The molecule has 0 saturated carbocycles. The highest BCUT2D eigenvalue weighted by Crippen LogP contribution is 2.31. The normalized spacial score (nSPS) is 24.6. The van der Waals surface area contributed by atoms with E-state index in [2.05, 4.69) is 28.4 Å². The standard InChI is InChI=1S/C15H22N2O/c1-18-13-6-5-12-10-16-11-15(14(12)9-13)17-7-3-2-4-8-17/h5-6,9,15-16H,2-4,7-8,10-11H2,1H3. The molecule has 1 saturated heterocycles. The molecule has 1 unspecified atom stereocenters. The second-order valence-corrected chi connectivity index (χ2v) is 5.31. The summed E-state index contributed by atoms with van der Waals surface area (Å²) < 4.78 is 5.38. The minimum atomic E-state index is 0.532. The Morgan fingerprint density at radius 1 is 1.22 bits per heavy atom. The number of likely N-dealkylation sites (tertiary alicyclic amines) is 1. The SMILES string of the molecule is COc1ccc2c(c1)C(N1CCCCC1)CNC2. The topological polar surface area (TPSA) is 24.5 Å². The summed E-state index contributed by atoms with van der Waals surface area (Å²) in [5.41, 5.74) is 2.90. The average molecular weight is 246 g/mol. The van der Waals surface area contributed by atoms with Crippen LogP contribution in [-0.4, -0.2) is 31.6 Å². The zero-order valence-electron chi connectivity index (χ0n) is 11.1. The maximum Gasteiger partial charge on any atom is 0.119 e. The Hall–Kier alpha value is -1.06. The second-order valence-electron chi connectivity index (χ2n) is 5.31. The van der Waals surface area contributed by atoms with E-state index in [1.54, 1.807) is 7.11 Å². The molecule has 0 radical (unpaired) electrons. The van der Waals surface area contributed by atoms with Gasteiger partial charge in [0.1, 0.15) is 5.75 Å². The number of nitrogens with one attached hydrogen (secondary N) is 1. The van der Waals surface area contributed by atoms with Gasteiger partial charge >= 0.3 is 0 Å². The second kappa shape index (κ2) is 5.29. The van der Waals surface area contributed by atoms with Gasteiger partial charge in [-0.15, -0.1) is 0 Å². The minimum absolute atomic E-state index is 0.532. The fourth-order valence-electron chi connectivity index (χ4n) is 3.18. The first kappa shape index (κ1) is 12.0. The molecular formula is C15H22N2O. The summed E-state index contributed by atoms with van der Waals surface area (Å²) in [6, 6.07) is 7.04. The van der Waals surface area contributed by atoms with E-state index in [9.17, 15) is 0 Å². The van der Waals surface area contributed by atoms with E-state index in [-0.39, 0.29) is 0 Å². The summed E-state index contributed by atoms with van der Waals surface area (Å²) in [5.74, 6) is 0.984. The largest absolute Gasteiger partial charge is 0.497 e. The van der Waals surface area contributed by atoms with Gasteiger partial charge in [-0.2, -0.15) is 0 Å². The molecule has 2 aliphatic rings. The van der Waals surface area contributed by atoms with Gasteiger partial charge in [-0.1, -0.05) is 12.5 Å². The van der Waals surface area contributed by atoms with Gasteiger partial charge in [0, 0.05) is 19.1 Å². The van der Waals surface area contributed by atoms with Crippen LogP contribution in [0, 0.1) is 0 Å². The summed E-state index contributed by atoms with van der Waals surface area (Å²) in [4.78, 5) is 2.63. The molecule has 98 valence electrons. The van der Waals surface area contributed by atoms with Crippen molar-refractivity contribution in [1.29, 1.82) is 0 Å². The molecule has 3 rings (SSSR count). The molecule has 2 aliphatic heterocycles. The Bertz CT molecular complexity index is 413. The zero-order chi connectivity index (χ0) is 12.4. The van der Waals surface area contributed by atoms with Gasteiger partial charge in [-0.25, -0.2) is 0 Å². The van der Waals surface area contributed by atoms with Crippen molar-refractivity contribution in [3.8, 4) is 5.75 Å². The van der Waals surface area contributed by atoms with Crippen LogP contribution in [0.1, 0.15) is 36.4 Å². The van der Waals surface area contributed by atoms with Gasteiger partial charge in [0.2, 0.25) is 0 Å². The molecule has 3 nitrogen and oxygen atoms in total. The maximum atomic E-state index is 5.38. The van der Waals surface area contributed by atoms with Crippen molar-refractivity contribution in [2.45, 2.75) is 31.8 Å². The molecule has 1 N–H and O–H groups in total. The Morgan fingerprint density at radius 3 is 2.83 bits per heavy atom. The first-order chi connectivity index (χ1) is 8.88. The van der Waals surface area contributed by atoms with Gasteiger partial charge < -0.3 is 10.1 Å². The predicted molar refractivity (Wildman–Crippen MR) is 72.9 cm³/mol. The van der Waals surface area contributed by atoms with Crippen LogP contribution in [0.5, 0.6) is 5.75 Å². The number of nitrogens with zero attached hydrogens (tertiary/aromatic N) is 1. The number of hydrogen-bond acceptors (Lipinski definition) is 3. The molecule has 0 aliphatic carbocycles. The summed E-state index contributed by atoms with van der Waals surface area (Å²) in [6.07, 6.45) is 4.08. The Balaban J connectivity index is 1.89. The lowest BCUT2D eigenvalue weighted by molar-refractivity contribution is 0.154. The molecule has 1 fully saturated rings. The Labute approximate surface area is 109 Å². The maximum absolute atomic E-state index is 5.38. The predicted octanol–water partition coefficient (Wildman–Crippen LogP) is 2.33. The van der Waals surface area contributed by atoms with E-state index in [0.717, 1.165) is 18.8 Å². The molecule has 2 heterocycles. The van der Waals surface area contributed by atoms with E-state index in [1.807, 2.05) is 0 Å².